The van der Waals surface area contributed by atoms with Crippen LogP contribution in [-0.4, -0.2) is 22.8 Å². The first-order valence-electron chi connectivity index (χ1n) is 7.84. The van der Waals surface area contributed by atoms with Crippen molar-refractivity contribution in [3.8, 4) is 0 Å². The molecule has 0 bridgehead atoms. The lowest BCUT2D eigenvalue weighted by Crippen LogP contribution is -2.48. The highest BCUT2D eigenvalue weighted by molar-refractivity contribution is 7.80. The molecule has 0 radical (unpaired) electrons. The number of para-hydroxylation sites is 1. The number of nitrogens with one attached hydrogen (secondary N) is 4. The van der Waals surface area contributed by atoms with Crippen LogP contribution >= 0.6 is 12.2 Å². The van der Waals surface area contributed by atoms with Crippen LogP contribution in [0.5, 0.6) is 0 Å². The van der Waals surface area contributed by atoms with E-state index < -0.39 is 5.91 Å². The Balaban J connectivity index is 1.65. The molecule has 3 amide bonds. The second-order valence-corrected chi connectivity index (χ2v) is 5.64. The molecule has 0 spiro atoms. The van der Waals surface area contributed by atoms with Gasteiger partial charge in [-0.2, -0.15) is 0 Å². The number of carbonyl (C=O) groups is 3. The molecule has 0 saturated heterocycles. The number of anilines is 1. The monoisotopic (exact) mass is 370 g/mol. The van der Waals surface area contributed by atoms with E-state index in [9.17, 15) is 14.4 Å². The molecular formula is C18H18N4O3S. The zero-order valence-electron chi connectivity index (χ0n) is 13.8. The average molecular weight is 370 g/mol. The minimum atomic E-state index is -0.426. The fourth-order valence-electron chi connectivity index (χ4n) is 1.96. The predicted molar refractivity (Wildman–Crippen MR) is 102 cm³/mol. The smallest absolute Gasteiger partial charge is 0.257 e. The molecule has 0 fully saturated rings. The van der Waals surface area contributed by atoms with Crippen LogP contribution in [0.2, 0.25) is 0 Å². The SMILES string of the molecule is O=C(CCC(=O)Nc1ccccc1)NNC(=S)NC(=O)c1ccccc1. The third-order valence-corrected chi connectivity index (χ3v) is 3.42. The number of hydrazine groups is 1. The van der Waals surface area contributed by atoms with Crippen LogP contribution in [0, 0.1) is 0 Å². The van der Waals surface area contributed by atoms with Gasteiger partial charge in [0.1, 0.15) is 0 Å². The number of carbonyl (C=O) groups excluding carboxylic acids is 3. The van der Waals surface area contributed by atoms with E-state index in [0.717, 1.165) is 0 Å². The Hall–Kier alpha value is -3.26. The summed E-state index contributed by atoms with van der Waals surface area (Å²) >= 11 is 4.93. The molecule has 0 aliphatic rings. The van der Waals surface area contributed by atoms with Gasteiger partial charge >= 0.3 is 0 Å². The maximum Gasteiger partial charge on any atom is 0.257 e. The lowest BCUT2D eigenvalue weighted by molar-refractivity contribution is -0.124. The van der Waals surface area contributed by atoms with Crippen molar-refractivity contribution in [2.45, 2.75) is 12.8 Å². The van der Waals surface area contributed by atoms with Crippen LogP contribution in [0.3, 0.4) is 0 Å². The van der Waals surface area contributed by atoms with Crippen molar-refractivity contribution >= 4 is 40.7 Å². The van der Waals surface area contributed by atoms with E-state index in [1.54, 1.807) is 54.6 Å². The number of benzene rings is 2. The van der Waals surface area contributed by atoms with Crippen LogP contribution in [-0.2, 0) is 9.59 Å². The van der Waals surface area contributed by atoms with E-state index in [0.29, 0.717) is 11.3 Å². The summed E-state index contributed by atoms with van der Waals surface area (Å²) in [5.41, 5.74) is 5.87. The third-order valence-electron chi connectivity index (χ3n) is 3.22. The van der Waals surface area contributed by atoms with Gasteiger partial charge in [-0.05, 0) is 36.5 Å². The Labute approximate surface area is 156 Å². The zero-order valence-corrected chi connectivity index (χ0v) is 14.6. The normalized spacial score (nSPS) is 9.69. The minimum absolute atomic E-state index is 0.0194. The molecule has 0 atom stereocenters. The van der Waals surface area contributed by atoms with Crippen molar-refractivity contribution in [1.29, 1.82) is 0 Å². The second kappa shape index (κ2) is 9.90. The van der Waals surface area contributed by atoms with Gasteiger partial charge in [0, 0.05) is 24.1 Å². The largest absolute Gasteiger partial charge is 0.326 e. The van der Waals surface area contributed by atoms with Gasteiger partial charge in [0.05, 0.1) is 0 Å². The molecule has 26 heavy (non-hydrogen) atoms. The summed E-state index contributed by atoms with van der Waals surface area (Å²) in [6, 6.07) is 17.5. The van der Waals surface area contributed by atoms with Crippen LogP contribution in [0.1, 0.15) is 23.2 Å². The van der Waals surface area contributed by atoms with E-state index in [4.69, 9.17) is 12.2 Å². The first-order chi connectivity index (χ1) is 12.5. The van der Waals surface area contributed by atoms with Crippen molar-refractivity contribution in [2.24, 2.45) is 0 Å². The van der Waals surface area contributed by atoms with E-state index in [1.165, 1.54) is 0 Å². The summed E-state index contributed by atoms with van der Waals surface area (Å²) in [4.78, 5) is 35.4. The van der Waals surface area contributed by atoms with Gasteiger partial charge in [0.25, 0.3) is 5.91 Å². The molecule has 2 rings (SSSR count). The molecule has 0 aliphatic carbocycles. The van der Waals surface area contributed by atoms with Gasteiger partial charge < -0.3 is 5.32 Å². The highest BCUT2D eigenvalue weighted by atomic mass is 32.1. The Bertz CT molecular complexity index is 782. The molecule has 0 aromatic heterocycles. The first kappa shape index (κ1) is 19.1. The van der Waals surface area contributed by atoms with Gasteiger partial charge in [0.2, 0.25) is 11.8 Å². The molecule has 8 heteroatoms. The lowest BCUT2D eigenvalue weighted by atomic mass is 10.2. The maximum absolute atomic E-state index is 11.9. The van der Waals surface area contributed by atoms with Crippen LogP contribution in [0.15, 0.2) is 60.7 Å². The summed E-state index contributed by atoms with van der Waals surface area (Å²) in [5.74, 6) is -1.09. The topological polar surface area (TPSA) is 99.3 Å². The first-order valence-corrected chi connectivity index (χ1v) is 8.25. The molecular weight excluding hydrogens is 352 g/mol. The van der Waals surface area contributed by atoms with Crippen molar-refractivity contribution < 1.29 is 14.4 Å². The number of amides is 3. The van der Waals surface area contributed by atoms with E-state index in [2.05, 4.69) is 21.5 Å². The van der Waals surface area contributed by atoms with Crippen LogP contribution in [0.25, 0.3) is 0 Å². The summed E-state index contributed by atoms with van der Waals surface area (Å²) < 4.78 is 0. The molecule has 0 unspecified atom stereocenters. The number of hydrogen-bond acceptors (Lipinski definition) is 4. The van der Waals surface area contributed by atoms with Crippen molar-refractivity contribution in [3.05, 3.63) is 66.2 Å². The zero-order chi connectivity index (χ0) is 18.8. The highest BCUT2D eigenvalue weighted by Gasteiger charge is 2.09. The molecule has 7 nitrogen and oxygen atoms in total. The Morgan fingerprint density at radius 2 is 1.35 bits per heavy atom. The third kappa shape index (κ3) is 6.70. The number of hydrogen-bond donors (Lipinski definition) is 4. The predicted octanol–water partition coefficient (Wildman–Crippen LogP) is 1.74. The molecule has 0 aliphatic heterocycles. The standard InChI is InChI=1S/C18H18N4O3S/c23-15(19-14-9-5-2-6-10-14)11-12-16(24)21-22-18(26)20-17(25)13-7-3-1-4-8-13/h1-10H,11-12H2,(H,19,23)(H,21,24)(H2,20,22,25,26). The van der Waals surface area contributed by atoms with Gasteiger partial charge in [-0.25, -0.2) is 0 Å². The molecule has 2 aromatic carbocycles. The lowest BCUT2D eigenvalue weighted by Gasteiger charge is -2.11. The Morgan fingerprint density at radius 1 is 0.769 bits per heavy atom. The summed E-state index contributed by atoms with van der Waals surface area (Å²) in [5, 5.41) is 5.08. The van der Waals surface area contributed by atoms with E-state index in [1.807, 2.05) is 6.07 Å². The molecule has 134 valence electrons. The summed E-state index contributed by atoms with van der Waals surface area (Å²) in [7, 11) is 0. The van der Waals surface area contributed by atoms with Gasteiger partial charge in [-0.3, -0.25) is 30.6 Å². The fraction of sp³-hybridized carbons (Fsp3) is 0.111. The Kier molecular flexibility index (Phi) is 7.26. The van der Waals surface area contributed by atoms with E-state index in [-0.39, 0.29) is 29.8 Å². The van der Waals surface area contributed by atoms with Gasteiger partial charge in [-0.1, -0.05) is 36.4 Å². The van der Waals surface area contributed by atoms with Gasteiger partial charge in [-0.15, -0.1) is 0 Å². The van der Waals surface area contributed by atoms with Crippen molar-refractivity contribution in [1.82, 2.24) is 16.2 Å². The van der Waals surface area contributed by atoms with Crippen LogP contribution < -0.4 is 21.5 Å². The van der Waals surface area contributed by atoms with E-state index >= 15 is 0 Å². The van der Waals surface area contributed by atoms with Crippen LogP contribution in [0.4, 0.5) is 5.69 Å². The van der Waals surface area contributed by atoms with Gasteiger partial charge in [0.15, 0.2) is 5.11 Å². The minimum Gasteiger partial charge on any atom is -0.326 e. The fourth-order valence-corrected chi connectivity index (χ4v) is 2.10. The molecule has 4 N–H and O–H groups in total. The summed E-state index contributed by atoms with van der Waals surface area (Å²) in [6.07, 6.45) is -0.00748. The summed E-state index contributed by atoms with van der Waals surface area (Å²) in [6.45, 7) is 0. The van der Waals surface area contributed by atoms with Crippen molar-refractivity contribution in [2.75, 3.05) is 5.32 Å². The van der Waals surface area contributed by atoms with Crippen molar-refractivity contribution in [3.63, 3.8) is 0 Å². The molecule has 0 heterocycles. The number of rotatable bonds is 5. The number of thiocarbonyl (C=S) groups is 1. The molecule has 2 aromatic rings. The second-order valence-electron chi connectivity index (χ2n) is 5.24. The maximum atomic E-state index is 11.9. The average Bonchev–Trinajstić information content (AvgIpc) is 2.66. The quantitative estimate of drug-likeness (QED) is 0.475. The Morgan fingerprint density at radius 3 is 2.00 bits per heavy atom. The molecule has 0 saturated carbocycles. The highest BCUT2D eigenvalue weighted by Crippen LogP contribution is 2.05.